The van der Waals surface area contributed by atoms with Crippen molar-refractivity contribution in [1.82, 2.24) is 4.90 Å². The summed E-state index contributed by atoms with van der Waals surface area (Å²) in [7, 11) is 0. The van der Waals surface area contributed by atoms with Crippen LogP contribution in [0.3, 0.4) is 0 Å². The number of amides is 3. The van der Waals surface area contributed by atoms with Crippen LogP contribution in [-0.4, -0.2) is 28.5 Å². The summed E-state index contributed by atoms with van der Waals surface area (Å²) < 4.78 is 7.18. The molecule has 1 aliphatic heterocycles. The standard InChI is InChI=1S/C25H15Br2Cl3N2O4S/c26-18-7-13(8-19(27)23(18)36-12-14-1-2-16(29)10-20(14)30)9-21-24(34)32(25(35)37-21)11-22(33)31-17-5-3-15(28)4-6-17/h1-10H,11-12H2,(H,31,33)/b21-9+. The van der Waals surface area contributed by atoms with E-state index in [1.165, 1.54) is 0 Å². The Balaban J connectivity index is 1.44. The van der Waals surface area contributed by atoms with Gasteiger partial charge in [0, 0.05) is 26.3 Å². The minimum atomic E-state index is -0.550. The van der Waals surface area contributed by atoms with Crippen molar-refractivity contribution in [3.8, 4) is 5.75 Å². The van der Waals surface area contributed by atoms with Gasteiger partial charge in [0.2, 0.25) is 5.91 Å². The van der Waals surface area contributed by atoms with E-state index in [-0.39, 0.29) is 11.5 Å². The van der Waals surface area contributed by atoms with Crippen molar-refractivity contribution in [2.45, 2.75) is 6.61 Å². The third kappa shape index (κ3) is 7.10. The first-order valence-corrected chi connectivity index (χ1v) is 14.0. The molecule has 1 aliphatic rings. The maximum Gasteiger partial charge on any atom is 0.294 e. The molecule has 0 atom stereocenters. The summed E-state index contributed by atoms with van der Waals surface area (Å²) in [6.07, 6.45) is 1.58. The van der Waals surface area contributed by atoms with Gasteiger partial charge in [0.1, 0.15) is 18.9 Å². The van der Waals surface area contributed by atoms with Crippen LogP contribution >= 0.6 is 78.4 Å². The van der Waals surface area contributed by atoms with Crippen LogP contribution in [0.1, 0.15) is 11.1 Å². The maximum atomic E-state index is 12.9. The molecular formula is C25H15Br2Cl3N2O4S. The number of nitrogens with zero attached hydrogens (tertiary/aromatic N) is 1. The van der Waals surface area contributed by atoms with Crippen molar-refractivity contribution in [2.75, 3.05) is 11.9 Å². The molecule has 190 valence electrons. The van der Waals surface area contributed by atoms with Crippen LogP contribution < -0.4 is 10.1 Å². The summed E-state index contributed by atoms with van der Waals surface area (Å²) in [4.78, 5) is 38.8. The minimum Gasteiger partial charge on any atom is -0.486 e. The van der Waals surface area contributed by atoms with Gasteiger partial charge in [-0.1, -0.05) is 40.9 Å². The van der Waals surface area contributed by atoms with E-state index >= 15 is 0 Å². The van der Waals surface area contributed by atoms with Gasteiger partial charge in [-0.15, -0.1) is 0 Å². The SMILES string of the molecule is O=C(CN1C(=O)S/C(=C/c2cc(Br)c(OCc3ccc(Cl)cc3Cl)c(Br)c2)C1=O)Nc1ccc(Cl)cc1. The van der Waals surface area contributed by atoms with Crippen molar-refractivity contribution in [3.63, 3.8) is 0 Å². The molecule has 3 aromatic carbocycles. The van der Waals surface area contributed by atoms with Gasteiger partial charge < -0.3 is 10.1 Å². The van der Waals surface area contributed by atoms with E-state index in [4.69, 9.17) is 39.5 Å². The highest BCUT2D eigenvalue weighted by atomic mass is 79.9. The van der Waals surface area contributed by atoms with Gasteiger partial charge in [0.15, 0.2) is 0 Å². The van der Waals surface area contributed by atoms with Crippen LogP contribution in [0.4, 0.5) is 10.5 Å². The van der Waals surface area contributed by atoms with Crippen LogP contribution in [0, 0.1) is 0 Å². The molecule has 12 heteroatoms. The Labute approximate surface area is 248 Å². The molecule has 37 heavy (non-hydrogen) atoms. The molecule has 0 radical (unpaired) electrons. The van der Waals surface area contributed by atoms with E-state index in [9.17, 15) is 14.4 Å². The summed E-state index contributed by atoms with van der Waals surface area (Å²) in [5.41, 5.74) is 1.92. The molecule has 0 bridgehead atoms. The molecule has 3 amide bonds. The fourth-order valence-corrected chi connectivity index (χ4v) is 6.13. The fraction of sp³-hybridized carbons (Fsp3) is 0.0800. The van der Waals surface area contributed by atoms with Gasteiger partial charge in [-0.3, -0.25) is 19.3 Å². The Kier molecular flexibility index (Phi) is 9.26. The van der Waals surface area contributed by atoms with E-state index in [0.29, 0.717) is 41.0 Å². The van der Waals surface area contributed by atoms with E-state index in [1.807, 2.05) is 0 Å². The molecule has 0 unspecified atom stereocenters. The second kappa shape index (κ2) is 12.2. The molecule has 4 rings (SSSR count). The van der Waals surface area contributed by atoms with Gasteiger partial charge in [-0.25, -0.2) is 0 Å². The third-order valence-electron chi connectivity index (χ3n) is 5.01. The van der Waals surface area contributed by atoms with Gasteiger partial charge >= 0.3 is 0 Å². The number of halogens is 5. The smallest absolute Gasteiger partial charge is 0.294 e. The molecule has 1 heterocycles. The van der Waals surface area contributed by atoms with Gasteiger partial charge in [0.05, 0.1) is 13.9 Å². The van der Waals surface area contributed by atoms with Crippen LogP contribution in [0.15, 0.2) is 68.4 Å². The van der Waals surface area contributed by atoms with Gasteiger partial charge in [-0.05, 0) is 104 Å². The molecule has 0 aromatic heterocycles. The molecule has 0 spiro atoms. The van der Waals surface area contributed by atoms with E-state index in [0.717, 1.165) is 22.2 Å². The lowest BCUT2D eigenvalue weighted by molar-refractivity contribution is -0.127. The average molecular weight is 706 g/mol. The molecule has 1 saturated heterocycles. The Morgan fingerprint density at radius 3 is 2.27 bits per heavy atom. The number of benzene rings is 3. The normalized spacial score (nSPS) is 14.4. The summed E-state index contributed by atoms with van der Waals surface area (Å²) in [5, 5.41) is 3.67. The number of carbonyl (C=O) groups excluding carboxylic acids is 3. The molecule has 6 nitrogen and oxygen atoms in total. The van der Waals surface area contributed by atoms with Crippen molar-refractivity contribution in [3.05, 3.63) is 94.6 Å². The Morgan fingerprint density at radius 1 is 0.973 bits per heavy atom. The Hall–Kier alpha value is -2.01. The quantitative estimate of drug-likeness (QED) is 0.250. The highest BCUT2D eigenvalue weighted by Gasteiger charge is 2.36. The van der Waals surface area contributed by atoms with E-state index < -0.39 is 23.6 Å². The van der Waals surface area contributed by atoms with Crippen molar-refractivity contribution >= 4 is 107 Å². The van der Waals surface area contributed by atoms with Crippen LogP contribution in [0.25, 0.3) is 6.08 Å². The van der Waals surface area contributed by atoms with Crippen LogP contribution in [0.5, 0.6) is 5.75 Å². The van der Waals surface area contributed by atoms with Crippen LogP contribution in [0.2, 0.25) is 15.1 Å². The lowest BCUT2D eigenvalue weighted by Gasteiger charge is -2.13. The number of rotatable bonds is 7. The van der Waals surface area contributed by atoms with Crippen molar-refractivity contribution in [2.24, 2.45) is 0 Å². The number of anilines is 1. The fourth-order valence-electron chi connectivity index (χ4n) is 3.25. The van der Waals surface area contributed by atoms with Crippen molar-refractivity contribution in [1.29, 1.82) is 0 Å². The van der Waals surface area contributed by atoms with E-state index in [1.54, 1.807) is 60.7 Å². The third-order valence-corrected chi connectivity index (χ3v) is 7.93. The lowest BCUT2D eigenvalue weighted by Crippen LogP contribution is -2.36. The first-order valence-electron chi connectivity index (χ1n) is 10.5. The number of imide groups is 1. The summed E-state index contributed by atoms with van der Waals surface area (Å²) >= 11 is 25.8. The maximum absolute atomic E-state index is 12.9. The van der Waals surface area contributed by atoms with Crippen LogP contribution in [-0.2, 0) is 16.2 Å². The van der Waals surface area contributed by atoms with Crippen molar-refractivity contribution < 1.29 is 19.1 Å². The number of hydrogen-bond acceptors (Lipinski definition) is 5. The number of nitrogens with one attached hydrogen (secondary N) is 1. The molecule has 3 aromatic rings. The summed E-state index contributed by atoms with van der Waals surface area (Å²) in [6.45, 7) is -0.193. The second-order valence-electron chi connectivity index (χ2n) is 7.66. The predicted octanol–water partition coefficient (Wildman–Crippen LogP) is 8.43. The molecule has 1 N–H and O–H groups in total. The predicted molar refractivity (Wildman–Crippen MR) is 155 cm³/mol. The van der Waals surface area contributed by atoms with Gasteiger partial charge in [-0.2, -0.15) is 0 Å². The number of carbonyl (C=O) groups is 3. The lowest BCUT2D eigenvalue weighted by atomic mass is 10.2. The summed E-state index contributed by atoms with van der Waals surface area (Å²) in [6, 6.07) is 15.2. The topological polar surface area (TPSA) is 75.7 Å². The highest BCUT2D eigenvalue weighted by Crippen LogP contribution is 2.38. The first kappa shape index (κ1) is 28.0. The molecular weight excluding hydrogens is 691 g/mol. The van der Waals surface area contributed by atoms with E-state index in [2.05, 4.69) is 37.2 Å². The number of ether oxygens (including phenoxy) is 1. The largest absolute Gasteiger partial charge is 0.486 e. The zero-order valence-corrected chi connectivity index (χ0v) is 24.8. The summed E-state index contributed by atoms with van der Waals surface area (Å²) in [5.74, 6) is -0.514. The zero-order chi connectivity index (χ0) is 26.7. The molecule has 0 saturated carbocycles. The number of thioether (sulfide) groups is 1. The average Bonchev–Trinajstić information content (AvgIpc) is 3.08. The van der Waals surface area contributed by atoms with Gasteiger partial charge in [0.25, 0.3) is 11.1 Å². The zero-order valence-electron chi connectivity index (χ0n) is 18.6. The Morgan fingerprint density at radius 2 is 1.62 bits per heavy atom. The second-order valence-corrected chi connectivity index (χ2v) is 11.6. The Bertz CT molecular complexity index is 1410. The first-order chi connectivity index (χ1) is 17.6. The molecule has 1 fully saturated rings. The minimum absolute atomic E-state index is 0.199. The monoisotopic (exact) mass is 702 g/mol. The number of hydrogen-bond donors (Lipinski definition) is 1. The molecule has 0 aliphatic carbocycles. The highest BCUT2D eigenvalue weighted by molar-refractivity contribution is 9.11.